The van der Waals surface area contributed by atoms with Crippen LogP contribution in [-0.4, -0.2) is 8.86 Å². The van der Waals surface area contributed by atoms with E-state index in [9.17, 15) is 0 Å². The van der Waals surface area contributed by atoms with Gasteiger partial charge in [0, 0.05) is 4.66 Å². The predicted molar refractivity (Wildman–Crippen MR) is 4.44 cm³/mol. The van der Waals surface area contributed by atoms with Gasteiger partial charge in [-0.15, -0.1) is 0 Å². The van der Waals surface area contributed by atoms with Gasteiger partial charge in [0.1, 0.15) is 0 Å². The molecule has 0 unspecified atom stereocenters. The second-order valence-electron chi connectivity index (χ2n) is 0.402. The molecular formula is H2BrClO6. The van der Waals surface area contributed by atoms with Crippen molar-refractivity contribution in [2.75, 3.05) is 0 Å². The van der Waals surface area contributed by atoms with Crippen LogP contribution in [0.2, 0.25) is 0 Å². The minimum absolute atomic E-state index is 2.60. The molecule has 8 heteroatoms. The Hall–Kier alpha value is 0.530. The van der Waals surface area contributed by atoms with Gasteiger partial charge in [-0.2, -0.15) is 0 Å². The SMILES string of the molecule is [O-][Br+2]([O-])O.[O-][Cl+2]([O-])O. The van der Waals surface area contributed by atoms with E-state index < -0.39 is 25.6 Å². The quantitative estimate of drug-likeness (QED) is 0.412. The van der Waals surface area contributed by atoms with Crippen LogP contribution in [0.15, 0.2) is 0 Å². The van der Waals surface area contributed by atoms with Gasteiger partial charge in [0.2, 0.25) is 0 Å². The van der Waals surface area contributed by atoms with Crippen LogP contribution < -0.4 is 17.7 Å². The van der Waals surface area contributed by atoms with E-state index >= 15 is 0 Å². The van der Waals surface area contributed by atoms with Crippen molar-refractivity contribution in [2.24, 2.45) is 0 Å². The molecule has 0 saturated carbocycles. The normalized spacial score (nSPS) is 9.00. The summed E-state index contributed by atoms with van der Waals surface area (Å²) in [6, 6.07) is 0. The highest BCUT2D eigenvalue weighted by atomic mass is 80.0. The van der Waals surface area contributed by atoms with Crippen molar-refractivity contribution in [1.29, 1.82) is 0 Å². The van der Waals surface area contributed by atoms with E-state index in [1.807, 2.05) is 0 Å². The van der Waals surface area contributed by atoms with E-state index in [1.165, 1.54) is 0 Å². The summed E-state index contributed by atoms with van der Waals surface area (Å²) in [4.78, 5) is 0. The molecule has 0 saturated heterocycles. The topological polar surface area (TPSA) is 133 Å². The Bertz CT molecular complexity index is 24.0. The number of rotatable bonds is 0. The Morgan fingerprint density at radius 2 is 1.25 bits per heavy atom. The highest BCUT2D eigenvalue weighted by Crippen LogP contribution is 1.38. The molecule has 0 aromatic heterocycles. The van der Waals surface area contributed by atoms with Crippen molar-refractivity contribution in [3.63, 3.8) is 0 Å². The summed E-state index contributed by atoms with van der Waals surface area (Å²) in [5.74, 6) is 0. The van der Waals surface area contributed by atoms with E-state index in [-0.39, 0.29) is 0 Å². The predicted octanol–water partition coefficient (Wildman–Crippen LogP) is -5.87. The molecule has 0 amide bonds. The number of hydrogen-bond acceptors (Lipinski definition) is 6. The molecule has 0 atom stereocenters. The van der Waals surface area contributed by atoms with Crippen molar-refractivity contribution in [1.82, 2.24) is 0 Å². The third-order valence-electron chi connectivity index (χ3n) is 0. The van der Waals surface area contributed by atoms with Crippen molar-refractivity contribution < 1.29 is 52.2 Å². The first-order chi connectivity index (χ1) is 3.46. The van der Waals surface area contributed by atoms with Gasteiger partial charge in [-0.05, 0) is 4.20 Å². The Kier molecular flexibility index (Phi) is 10.7. The fourth-order valence-electron chi connectivity index (χ4n) is 0. The molecular weight excluding hydrogens is 211 g/mol. The maximum atomic E-state index is 8.63. The molecule has 0 rings (SSSR count). The zero-order chi connectivity index (χ0) is 7.15. The fraction of sp³-hybridized carbons (Fsp3) is 0. The molecule has 0 aliphatic rings. The molecule has 0 aromatic carbocycles. The highest BCUT2D eigenvalue weighted by molar-refractivity contribution is 1.94. The average molecular weight is 213 g/mol. The van der Waals surface area contributed by atoms with Gasteiger partial charge >= 0.3 is 14.8 Å². The molecule has 0 aliphatic heterocycles. The van der Waals surface area contributed by atoms with Crippen molar-refractivity contribution in [2.45, 2.75) is 0 Å². The molecule has 0 bridgehead atoms. The Morgan fingerprint density at radius 1 is 1.25 bits per heavy atom. The first-order valence-corrected chi connectivity index (χ1v) is 3.91. The molecule has 0 radical (unpaired) electrons. The van der Waals surface area contributed by atoms with Crippen molar-refractivity contribution in [3.8, 4) is 0 Å². The lowest BCUT2D eigenvalue weighted by atomic mass is 15.8. The molecule has 0 fully saturated rings. The molecule has 0 aromatic rings. The lowest BCUT2D eigenvalue weighted by Crippen LogP contribution is -2.30. The van der Waals surface area contributed by atoms with Crippen LogP contribution in [-0.2, 0) is 0 Å². The van der Waals surface area contributed by atoms with E-state index in [2.05, 4.69) is 0 Å². The van der Waals surface area contributed by atoms with Crippen LogP contribution in [0, 0.1) is 25.6 Å². The third kappa shape index (κ3) is 711. The van der Waals surface area contributed by atoms with Crippen molar-refractivity contribution >= 4 is 0 Å². The molecule has 2 N–H and O–H groups in total. The highest BCUT2D eigenvalue weighted by Gasteiger charge is 1.86. The van der Waals surface area contributed by atoms with Crippen LogP contribution in [0.1, 0.15) is 0 Å². The second kappa shape index (κ2) is 7.53. The molecule has 6 nitrogen and oxygen atoms in total. The maximum Gasteiger partial charge on any atom is 0.433 e. The minimum Gasteiger partial charge on any atom is -0.372 e. The van der Waals surface area contributed by atoms with Crippen LogP contribution >= 0.6 is 0 Å². The molecule has 0 spiro atoms. The van der Waals surface area contributed by atoms with Gasteiger partial charge in [0.15, 0.2) is 0 Å². The minimum atomic E-state index is -3.40. The standard InChI is InChI=1S/BrHO3.ClHO3/c2*2-1(3)4/h2*2H. The Morgan fingerprint density at radius 3 is 1.25 bits per heavy atom. The summed E-state index contributed by atoms with van der Waals surface area (Å²) in [5.41, 5.74) is 0. The largest absolute Gasteiger partial charge is 0.433 e. The van der Waals surface area contributed by atoms with Gasteiger partial charge in [0.25, 0.3) is 10.8 Å². The zero-order valence-corrected chi connectivity index (χ0v) is 5.63. The van der Waals surface area contributed by atoms with E-state index in [1.54, 1.807) is 0 Å². The molecule has 52 valence electrons. The molecule has 0 heterocycles. The van der Waals surface area contributed by atoms with Gasteiger partial charge in [-0.3, -0.25) is 0 Å². The summed E-state index contributed by atoms with van der Waals surface area (Å²) in [7, 11) is -2.60. The molecule has 8 heavy (non-hydrogen) atoms. The van der Waals surface area contributed by atoms with E-state index in [0.717, 1.165) is 0 Å². The monoisotopic (exact) mass is 212 g/mol. The fourth-order valence-corrected chi connectivity index (χ4v) is 0. The lowest BCUT2D eigenvalue weighted by Gasteiger charge is -1.72. The summed E-state index contributed by atoms with van der Waals surface area (Å²) >= 11 is -3.40. The number of halogens is 2. The van der Waals surface area contributed by atoms with Gasteiger partial charge in [0.05, 0.1) is 0 Å². The summed E-state index contributed by atoms with van der Waals surface area (Å²) in [6.07, 6.45) is 0. The van der Waals surface area contributed by atoms with Gasteiger partial charge in [-0.25, -0.2) is 0 Å². The van der Waals surface area contributed by atoms with Gasteiger partial charge < -0.3 is 17.7 Å². The number of hydrogen-bond donors (Lipinski definition) is 2. The summed E-state index contributed by atoms with van der Waals surface area (Å²) < 4.78 is 48.3. The van der Waals surface area contributed by atoms with Gasteiger partial charge in [-0.1, -0.05) is 0 Å². The Balaban J connectivity index is 0. The summed E-state index contributed by atoms with van der Waals surface area (Å²) in [6.45, 7) is 0. The Labute approximate surface area is 52.8 Å². The third-order valence-corrected chi connectivity index (χ3v) is 0. The first-order valence-electron chi connectivity index (χ1n) is 0.955. The average Bonchev–Trinajstić information content (AvgIpc) is 1.25. The second-order valence-corrected chi connectivity index (χ2v) is 1.65. The van der Waals surface area contributed by atoms with Crippen molar-refractivity contribution in [3.05, 3.63) is 0 Å². The zero-order valence-electron chi connectivity index (χ0n) is 3.28. The molecule has 0 aliphatic carbocycles. The van der Waals surface area contributed by atoms with Crippen LogP contribution in [0.4, 0.5) is 0 Å². The van der Waals surface area contributed by atoms with E-state index in [0.29, 0.717) is 0 Å². The van der Waals surface area contributed by atoms with Crippen LogP contribution in [0.5, 0.6) is 0 Å². The summed E-state index contributed by atoms with van der Waals surface area (Å²) in [5, 5.41) is 0. The van der Waals surface area contributed by atoms with E-state index in [4.69, 9.17) is 26.6 Å². The lowest BCUT2D eigenvalue weighted by molar-refractivity contribution is -1.63. The maximum absolute atomic E-state index is 8.63. The first kappa shape index (κ1) is 11.3. The smallest absolute Gasteiger partial charge is 0.372 e. The van der Waals surface area contributed by atoms with Crippen LogP contribution in [0.25, 0.3) is 0 Å². The van der Waals surface area contributed by atoms with Crippen LogP contribution in [0.3, 0.4) is 0 Å².